The van der Waals surface area contributed by atoms with Gasteiger partial charge in [0.2, 0.25) is 0 Å². The van der Waals surface area contributed by atoms with E-state index in [9.17, 15) is 4.79 Å². The Balaban J connectivity index is 1.95. The zero-order valence-electron chi connectivity index (χ0n) is 19.1. The van der Waals surface area contributed by atoms with E-state index in [-0.39, 0.29) is 6.42 Å². The van der Waals surface area contributed by atoms with E-state index >= 15 is 0 Å². The van der Waals surface area contributed by atoms with E-state index in [1.54, 1.807) is 0 Å². The molecule has 0 aliphatic heterocycles. The summed E-state index contributed by atoms with van der Waals surface area (Å²) in [5.41, 5.74) is 1.15. The van der Waals surface area contributed by atoms with Crippen molar-refractivity contribution in [1.82, 2.24) is 0 Å². The highest BCUT2D eigenvalue weighted by Gasteiger charge is 2.04. The molecule has 0 atom stereocenters. The second-order valence-corrected chi connectivity index (χ2v) is 9.31. The number of ether oxygens (including phenoxy) is 1. The summed E-state index contributed by atoms with van der Waals surface area (Å²) in [5, 5.41) is 8.72. The van der Waals surface area contributed by atoms with Crippen molar-refractivity contribution in [2.24, 2.45) is 0 Å². The lowest BCUT2D eigenvalue weighted by atomic mass is 10.0. The predicted octanol–water partition coefficient (Wildman–Crippen LogP) is 8.72. The summed E-state index contributed by atoms with van der Waals surface area (Å²) in [7, 11) is 0. The standard InChI is InChI=1S/C26H43BrO3/c1-2-3-4-5-6-7-8-9-10-11-12-13-14-15-21-30-25-20-19-23(22-24(25)27)17-16-18-26(28)29/h19-20,22H,2-18,21H2,1H3,(H,28,29). The molecule has 30 heavy (non-hydrogen) atoms. The minimum atomic E-state index is -0.734. The van der Waals surface area contributed by atoms with Crippen LogP contribution in [0.15, 0.2) is 22.7 Å². The number of rotatable bonds is 20. The number of unbranched alkanes of at least 4 members (excludes halogenated alkanes) is 13. The Labute approximate surface area is 193 Å². The smallest absolute Gasteiger partial charge is 0.303 e. The summed E-state index contributed by atoms with van der Waals surface area (Å²) in [6.45, 7) is 3.04. The van der Waals surface area contributed by atoms with Crippen LogP contribution in [0.4, 0.5) is 0 Å². The zero-order valence-corrected chi connectivity index (χ0v) is 20.7. The molecule has 1 aromatic carbocycles. The van der Waals surface area contributed by atoms with Gasteiger partial charge in [-0.25, -0.2) is 0 Å². The van der Waals surface area contributed by atoms with Gasteiger partial charge in [0.15, 0.2) is 0 Å². The number of aryl methyl sites for hydroxylation is 1. The molecule has 1 aromatic rings. The molecule has 0 saturated carbocycles. The monoisotopic (exact) mass is 482 g/mol. The largest absolute Gasteiger partial charge is 0.492 e. The summed E-state index contributed by atoms with van der Waals surface area (Å²) < 4.78 is 6.86. The fraction of sp³-hybridized carbons (Fsp3) is 0.731. The summed E-state index contributed by atoms with van der Waals surface area (Å²) in [4.78, 5) is 10.6. The number of hydrogen-bond acceptors (Lipinski definition) is 2. The normalized spacial score (nSPS) is 11.0. The Morgan fingerprint density at radius 2 is 1.37 bits per heavy atom. The quantitative estimate of drug-likeness (QED) is 0.189. The van der Waals surface area contributed by atoms with Gasteiger partial charge in [-0.1, -0.05) is 96.5 Å². The number of aliphatic carboxylic acids is 1. The molecule has 4 heteroatoms. The molecule has 0 fully saturated rings. The van der Waals surface area contributed by atoms with Crippen molar-refractivity contribution in [1.29, 1.82) is 0 Å². The number of carboxylic acids is 1. The van der Waals surface area contributed by atoms with Gasteiger partial charge in [-0.2, -0.15) is 0 Å². The van der Waals surface area contributed by atoms with Crippen LogP contribution in [0.3, 0.4) is 0 Å². The zero-order chi connectivity index (χ0) is 21.9. The van der Waals surface area contributed by atoms with Gasteiger partial charge >= 0.3 is 5.97 Å². The van der Waals surface area contributed by atoms with Crippen molar-refractivity contribution < 1.29 is 14.6 Å². The number of hydrogen-bond donors (Lipinski definition) is 1. The lowest BCUT2D eigenvalue weighted by Gasteiger charge is -2.10. The van der Waals surface area contributed by atoms with Crippen molar-refractivity contribution in [2.45, 2.75) is 116 Å². The van der Waals surface area contributed by atoms with Gasteiger partial charge in [0.25, 0.3) is 0 Å². The summed E-state index contributed by atoms with van der Waals surface area (Å²) in [5.74, 6) is 0.147. The molecule has 3 nitrogen and oxygen atoms in total. The maximum absolute atomic E-state index is 10.6. The van der Waals surface area contributed by atoms with Crippen LogP contribution in [0.25, 0.3) is 0 Å². The van der Waals surface area contributed by atoms with E-state index in [0.29, 0.717) is 6.42 Å². The molecule has 0 heterocycles. The molecule has 0 spiro atoms. The van der Waals surface area contributed by atoms with Gasteiger partial charge < -0.3 is 9.84 Å². The third kappa shape index (κ3) is 14.9. The van der Waals surface area contributed by atoms with Gasteiger partial charge in [0.1, 0.15) is 5.75 Å². The van der Waals surface area contributed by atoms with Crippen LogP contribution in [0.5, 0.6) is 5.75 Å². The van der Waals surface area contributed by atoms with Gasteiger partial charge in [0, 0.05) is 6.42 Å². The first-order chi connectivity index (χ1) is 14.6. The van der Waals surface area contributed by atoms with Gasteiger partial charge in [0.05, 0.1) is 11.1 Å². The first-order valence-electron chi connectivity index (χ1n) is 12.3. The summed E-state index contributed by atoms with van der Waals surface area (Å²) in [6.07, 6.45) is 20.8. The second-order valence-electron chi connectivity index (χ2n) is 8.46. The molecule has 0 aromatic heterocycles. The van der Waals surface area contributed by atoms with Crippen molar-refractivity contribution in [3.63, 3.8) is 0 Å². The molecule has 1 rings (SSSR count). The van der Waals surface area contributed by atoms with Gasteiger partial charge in [-0.05, 0) is 52.9 Å². The molecule has 0 saturated heterocycles. The Kier molecular flexibility index (Phi) is 16.8. The first kappa shape index (κ1) is 27.0. The Morgan fingerprint density at radius 3 is 1.87 bits per heavy atom. The third-order valence-electron chi connectivity index (χ3n) is 5.61. The van der Waals surface area contributed by atoms with Crippen LogP contribution >= 0.6 is 15.9 Å². The average Bonchev–Trinajstić information content (AvgIpc) is 2.72. The molecule has 0 unspecified atom stereocenters. The van der Waals surface area contributed by atoms with Crippen LogP contribution in [0.1, 0.15) is 115 Å². The van der Waals surface area contributed by atoms with Crippen LogP contribution in [-0.4, -0.2) is 17.7 Å². The second kappa shape index (κ2) is 18.7. The SMILES string of the molecule is CCCCCCCCCCCCCCCCOc1ccc(CCCC(=O)O)cc1Br. The summed E-state index contributed by atoms with van der Waals surface area (Å²) >= 11 is 3.57. The van der Waals surface area contributed by atoms with Crippen molar-refractivity contribution in [3.8, 4) is 5.75 Å². The lowest BCUT2D eigenvalue weighted by molar-refractivity contribution is -0.137. The fourth-order valence-electron chi connectivity index (χ4n) is 3.74. The van der Waals surface area contributed by atoms with E-state index in [0.717, 1.165) is 35.2 Å². The van der Waals surface area contributed by atoms with E-state index in [1.165, 1.54) is 83.5 Å². The van der Waals surface area contributed by atoms with Crippen LogP contribution in [0.2, 0.25) is 0 Å². The maximum Gasteiger partial charge on any atom is 0.303 e. The van der Waals surface area contributed by atoms with Gasteiger partial charge in [-0.3, -0.25) is 4.79 Å². The molecule has 0 radical (unpaired) electrons. The van der Waals surface area contributed by atoms with Crippen LogP contribution < -0.4 is 4.74 Å². The molecular weight excluding hydrogens is 440 g/mol. The number of carboxylic acid groups (broad SMARTS) is 1. The molecular formula is C26H43BrO3. The van der Waals surface area contributed by atoms with Crippen molar-refractivity contribution >= 4 is 21.9 Å². The Morgan fingerprint density at radius 1 is 0.833 bits per heavy atom. The minimum Gasteiger partial charge on any atom is -0.492 e. The minimum absolute atomic E-state index is 0.217. The van der Waals surface area contributed by atoms with Crippen LogP contribution in [0, 0.1) is 0 Å². The van der Waals surface area contributed by atoms with E-state index in [1.807, 2.05) is 18.2 Å². The topological polar surface area (TPSA) is 46.5 Å². The molecule has 1 N–H and O–H groups in total. The van der Waals surface area contributed by atoms with E-state index in [4.69, 9.17) is 9.84 Å². The van der Waals surface area contributed by atoms with E-state index < -0.39 is 5.97 Å². The molecule has 0 bridgehead atoms. The average molecular weight is 484 g/mol. The Bertz CT molecular complexity index is 559. The van der Waals surface area contributed by atoms with Crippen molar-refractivity contribution in [3.05, 3.63) is 28.2 Å². The third-order valence-corrected chi connectivity index (χ3v) is 6.23. The molecule has 172 valence electrons. The first-order valence-corrected chi connectivity index (χ1v) is 13.1. The number of carbonyl (C=O) groups is 1. The highest BCUT2D eigenvalue weighted by atomic mass is 79.9. The summed E-state index contributed by atoms with van der Waals surface area (Å²) in [6, 6.07) is 6.07. The number of benzene rings is 1. The van der Waals surface area contributed by atoms with E-state index in [2.05, 4.69) is 22.9 Å². The molecule has 0 aliphatic rings. The maximum atomic E-state index is 10.6. The van der Waals surface area contributed by atoms with Crippen LogP contribution in [-0.2, 0) is 11.2 Å². The van der Waals surface area contributed by atoms with Crippen molar-refractivity contribution in [2.75, 3.05) is 6.61 Å². The molecule has 0 amide bonds. The Hall–Kier alpha value is -1.03. The number of halogens is 1. The molecule has 0 aliphatic carbocycles. The lowest BCUT2D eigenvalue weighted by Crippen LogP contribution is -1.99. The fourth-order valence-corrected chi connectivity index (χ4v) is 4.28. The predicted molar refractivity (Wildman–Crippen MR) is 131 cm³/mol. The highest BCUT2D eigenvalue weighted by molar-refractivity contribution is 9.10. The van der Waals surface area contributed by atoms with Gasteiger partial charge in [-0.15, -0.1) is 0 Å². The highest BCUT2D eigenvalue weighted by Crippen LogP contribution is 2.27.